The summed E-state index contributed by atoms with van der Waals surface area (Å²) in [4.78, 5) is 12.0. The molecule has 3 N–H and O–H groups in total. The van der Waals surface area contributed by atoms with Gasteiger partial charge in [0, 0.05) is 6.42 Å². The van der Waals surface area contributed by atoms with E-state index in [1.807, 2.05) is 30.3 Å². The van der Waals surface area contributed by atoms with Crippen molar-refractivity contribution in [3.05, 3.63) is 65.7 Å². The molecule has 1 amide bonds. The second-order valence-electron chi connectivity index (χ2n) is 6.01. The van der Waals surface area contributed by atoms with Crippen LogP contribution in [-0.4, -0.2) is 28.8 Å². The molecule has 25 heavy (non-hydrogen) atoms. The Morgan fingerprint density at radius 3 is 2.16 bits per heavy atom. The zero-order chi connectivity index (χ0) is 18.5. The van der Waals surface area contributed by atoms with Crippen molar-refractivity contribution in [2.75, 3.05) is 6.61 Å². The molecular formula is C21H29NO3. The van der Waals surface area contributed by atoms with Crippen LogP contribution in [0.5, 0.6) is 5.75 Å². The van der Waals surface area contributed by atoms with E-state index in [4.69, 9.17) is 0 Å². The van der Waals surface area contributed by atoms with Crippen LogP contribution in [-0.2, 0) is 17.6 Å². The van der Waals surface area contributed by atoms with Crippen molar-refractivity contribution in [2.45, 2.75) is 45.6 Å². The van der Waals surface area contributed by atoms with E-state index >= 15 is 0 Å². The highest BCUT2D eigenvalue weighted by atomic mass is 16.3. The van der Waals surface area contributed by atoms with Crippen LogP contribution in [0.1, 0.15) is 37.8 Å². The standard InChI is InChI=1S/C18H21NO3.C3H8/c20-13-16(12-15-6-9-17(21)10-7-15)19-18(22)11-8-14-4-2-1-3-5-14;1-3-2/h1-7,9-10,16,20-21H,8,11-13H2,(H,19,22);3H2,1-2H3. The van der Waals surface area contributed by atoms with Gasteiger partial charge in [0.05, 0.1) is 12.6 Å². The first kappa shape index (κ1) is 20.7. The number of phenolic OH excluding ortho intramolecular Hbond substituents is 1. The van der Waals surface area contributed by atoms with Crippen LogP contribution >= 0.6 is 0 Å². The second kappa shape index (κ2) is 12.1. The molecule has 1 unspecified atom stereocenters. The lowest BCUT2D eigenvalue weighted by atomic mass is 10.1. The fourth-order valence-electron chi connectivity index (χ4n) is 2.28. The van der Waals surface area contributed by atoms with Gasteiger partial charge < -0.3 is 15.5 Å². The Morgan fingerprint density at radius 2 is 1.60 bits per heavy atom. The molecule has 1 atom stereocenters. The first-order valence-corrected chi connectivity index (χ1v) is 8.81. The third-order valence-corrected chi connectivity index (χ3v) is 3.49. The van der Waals surface area contributed by atoms with E-state index in [9.17, 15) is 15.0 Å². The van der Waals surface area contributed by atoms with Crippen LogP contribution in [0.25, 0.3) is 0 Å². The van der Waals surface area contributed by atoms with Crippen molar-refractivity contribution < 1.29 is 15.0 Å². The summed E-state index contributed by atoms with van der Waals surface area (Å²) in [6, 6.07) is 16.3. The number of hydrogen-bond donors (Lipinski definition) is 3. The SMILES string of the molecule is CCC.O=C(CCc1ccccc1)NC(CO)Cc1ccc(O)cc1. The molecule has 0 bridgehead atoms. The van der Waals surface area contributed by atoms with Gasteiger partial charge in [0.25, 0.3) is 0 Å². The average Bonchev–Trinajstić information content (AvgIpc) is 2.63. The van der Waals surface area contributed by atoms with E-state index in [1.54, 1.807) is 24.3 Å². The monoisotopic (exact) mass is 343 g/mol. The van der Waals surface area contributed by atoms with Crippen molar-refractivity contribution in [3.63, 3.8) is 0 Å². The number of carbonyl (C=O) groups is 1. The lowest BCUT2D eigenvalue weighted by Crippen LogP contribution is -2.39. The van der Waals surface area contributed by atoms with Gasteiger partial charge in [-0.25, -0.2) is 0 Å². The number of aliphatic hydroxyl groups is 1. The third kappa shape index (κ3) is 8.91. The number of rotatable bonds is 7. The predicted molar refractivity (Wildman–Crippen MR) is 102 cm³/mol. The summed E-state index contributed by atoms with van der Waals surface area (Å²) in [7, 11) is 0. The van der Waals surface area contributed by atoms with E-state index in [0.29, 0.717) is 19.3 Å². The predicted octanol–water partition coefficient (Wildman–Crippen LogP) is 3.46. The van der Waals surface area contributed by atoms with Crippen LogP contribution in [0, 0.1) is 0 Å². The fraction of sp³-hybridized carbons (Fsp3) is 0.381. The van der Waals surface area contributed by atoms with Crippen LogP contribution in [0.15, 0.2) is 54.6 Å². The molecular weight excluding hydrogens is 314 g/mol. The minimum atomic E-state index is -0.312. The van der Waals surface area contributed by atoms with Crippen LogP contribution in [0.3, 0.4) is 0 Å². The first-order valence-electron chi connectivity index (χ1n) is 8.81. The lowest BCUT2D eigenvalue weighted by Gasteiger charge is -2.16. The van der Waals surface area contributed by atoms with E-state index in [2.05, 4.69) is 19.2 Å². The molecule has 2 aromatic rings. The molecule has 0 saturated carbocycles. The molecule has 0 saturated heterocycles. The number of phenols is 1. The molecule has 0 aliphatic carbocycles. The Kier molecular flexibility index (Phi) is 10.0. The second-order valence-corrected chi connectivity index (χ2v) is 6.01. The average molecular weight is 343 g/mol. The summed E-state index contributed by atoms with van der Waals surface area (Å²) in [6.45, 7) is 4.14. The Morgan fingerprint density at radius 1 is 1.00 bits per heavy atom. The highest BCUT2D eigenvalue weighted by molar-refractivity contribution is 5.76. The van der Waals surface area contributed by atoms with E-state index in [0.717, 1.165) is 11.1 Å². The number of benzene rings is 2. The molecule has 0 spiro atoms. The largest absolute Gasteiger partial charge is 0.508 e. The van der Waals surface area contributed by atoms with E-state index in [1.165, 1.54) is 6.42 Å². The van der Waals surface area contributed by atoms with Crippen molar-refractivity contribution >= 4 is 5.91 Å². The summed E-state index contributed by atoms with van der Waals surface area (Å²) in [5.74, 6) is 0.137. The highest BCUT2D eigenvalue weighted by Gasteiger charge is 2.12. The van der Waals surface area contributed by atoms with Gasteiger partial charge in [-0.1, -0.05) is 62.7 Å². The van der Waals surface area contributed by atoms with Crippen LogP contribution in [0.4, 0.5) is 0 Å². The topological polar surface area (TPSA) is 69.6 Å². The first-order chi connectivity index (χ1) is 12.1. The minimum absolute atomic E-state index is 0.0679. The van der Waals surface area contributed by atoms with Crippen molar-refractivity contribution in [1.82, 2.24) is 5.32 Å². The van der Waals surface area contributed by atoms with Gasteiger partial charge in [-0.2, -0.15) is 0 Å². The Balaban J connectivity index is 0.000000970. The normalized spacial score (nSPS) is 11.2. The third-order valence-electron chi connectivity index (χ3n) is 3.49. The van der Waals surface area contributed by atoms with Gasteiger partial charge in [-0.05, 0) is 36.1 Å². The Hall–Kier alpha value is -2.33. The van der Waals surface area contributed by atoms with E-state index in [-0.39, 0.29) is 24.3 Å². The molecule has 0 aliphatic heterocycles. The molecule has 0 radical (unpaired) electrons. The van der Waals surface area contributed by atoms with Crippen molar-refractivity contribution in [2.24, 2.45) is 0 Å². The number of amides is 1. The number of hydrogen-bond acceptors (Lipinski definition) is 3. The quantitative estimate of drug-likeness (QED) is 0.721. The molecule has 136 valence electrons. The van der Waals surface area contributed by atoms with Crippen LogP contribution in [0.2, 0.25) is 0 Å². The van der Waals surface area contributed by atoms with Crippen molar-refractivity contribution in [1.29, 1.82) is 0 Å². The molecule has 0 aliphatic rings. The van der Waals surface area contributed by atoms with Gasteiger partial charge in [0.1, 0.15) is 5.75 Å². The van der Waals surface area contributed by atoms with E-state index < -0.39 is 0 Å². The van der Waals surface area contributed by atoms with Crippen LogP contribution < -0.4 is 5.32 Å². The molecule has 0 aromatic heterocycles. The zero-order valence-corrected chi connectivity index (χ0v) is 15.1. The molecule has 2 rings (SSSR count). The van der Waals surface area contributed by atoms with Crippen molar-refractivity contribution in [3.8, 4) is 5.75 Å². The Labute approximate surface area is 150 Å². The number of aliphatic hydroxyl groups excluding tert-OH is 1. The lowest BCUT2D eigenvalue weighted by molar-refractivity contribution is -0.122. The molecule has 4 nitrogen and oxygen atoms in total. The number of nitrogens with one attached hydrogen (secondary N) is 1. The minimum Gasteiger partial charge on any atom is -0.508 e. The molecule has 2 aromatic carbocycles. The number of aryl methyl sites for hydroxylation is 1. The van der Waals surface area contributed by atoms with Gasteiger partial charge in [-0.15, -0.1) is 0 Å². The van der Waals surface area contributed by atoms with Gasteiger partial charge in [0.15, 0.2) is 0 Å². The zero-order valence-electron chi connectivity index (χ0n) is 15.1. The summed E-state index contributed by atoms with van der Waals surface area (Å²) < 4.78 is 0. The molecule has 4 heteroatoms. The number of carbonyl (C=O) groups excluding carboxylic acids is 1. The van der Waals surface area contributed by atoms with Gasteiger partial charge in [0.2, 0.25) is 5.91 Å². The molecule has 0 heterocycles. The van der Waals surface area contributed by atoms with Gasteiger partial charge in [-0.3, -0.25) is 4.79 Å². The maximum absolute atomic E-state index is 12.0. The fourth-order valence-corrected chi connectivity index (χ4v) is 2.28. The summed E-state index contributed by atoms with van der Waals surface area (Å²) in [5, 5.41) is 21.5. The maximum atomic E-state index is 12.0. The van der Waals surface area contributed by atoms with Gasteiger partial charge >= 0.3 is 0 Å². The number of aromatic hydroxyl groups is 1. The Bertz CT molecular complexity index is 596. The maximum Gasteiger partial charge on any atom is 0.220 e. The summed E-state index contributed by atoms with van der Waals surface area (Å²) in [5.41, 5.74) is 2.08. The summed E-state index contributed by atoms with van der Waals surface area (Å²) in [6.07, 6.45) is 2.87. The molecule has 0 fully saturated rings. The highest BCUT2D eigenvalue weighted by Crippen LogP contribution is 2.11. The smallest absolute Gasteiger partial charge is 0.220 e. The summed E-state index contributed by atoms with van der Waals surface area (Å²) >= 11 is 0.